The average molecular weight is 276 g/mol. The van der Waals surface area contributed by atoms with Crippen molar-refractivity contribution in [1.29, 1.82) is 0 Å². The van der Waals surface area contributed by atoms with Crippen LogP contribution in [0.4, 0.5) is 0 Å². The molecule has 0 heterocycles. The fourth-order valence-electron chi connectivity index (χ4n) is 2.18. The summed E-state index contributed by atoms with van der Waals surface area (Å²) in [6, 6.07) is 13.9. The van der Waals surface area contributed by atoms with Crippen molar-refractivity contribution < 1.29 is 4.79 Å². The molecule has 0 saturated heterocycles. The fraction of sp³-hybridized carbons (Fsp3) is 0.312. The Kier molecular flexibility index (Phi) is 4.80. The number of amides is 1. The molecule has 2 rings (SSSR count). The zero-order valence-electron chi connectivity index (χ0n) is 11.0. The van der Waals surface area contributed by atoms with E-state index in [9.17, 15) is 4.79 Å². The van der Waals surface area contributed by atoms with E-state index in [-0.39, 0.29) is 11.9 Å². The van der Waals surface area contributed by atoms with Gasteiger partial charge in [-0.3, -0.25) is 4.79 Å². The van der Waals surface area contributed by atoms with Crippen LogP contribution in [0.2, 0.25) is 0 Å². The van der Waals surface area contributed by atoms with Crippen LogP contribution in [0, 0.1) is 0 Å². The lowest BCUT2D eigenvalue weighted by Crippen LogP contribution is -2.32. The molecule has 1 N–H and O–H groups in total. The van der Waals surface area contributed by atoms with Crippen molar-refractivity contribution in [3.05, 3.63) is 48.0 Å². The molecule has 19 heavy (non-hydrogen) atoms. The molecular weight excluding hydrogens is 258 g/mol. The summed E-state index contributed by atoms with van der Waals surface area (Å²) in [5.74, 6) is 0.618. The maximum absolute atomic E-state index is 12.3. The molecule has 0 aliphatic rings. The molecule has 0 fully saturated rings. The van der Waals surface area contributed by atoms with Crippen LogP contribution in [-0.4, -0.2) is 17.8 Å². The maximum atomic E-state index is 12.3. The predicted molar refractivity (Wildman–Crippen MR) is 80.8 cm³/mol. The first-order valence-electron chi connectivity index (χ1n) is 6.57. The summed E-state index contributed by atoms with van der Waals surface area (Å²) in [4.78, 5) is 12.3. The van der Waals surface area contributed by atoms with Crippen LogP contribution in [0.3, 0.4) is 0 Å². The molecule has 0 spiro atoms. The first-order valence-corrected chi connectivity index (χ1v) is 7.10. The van der Waals surface area contributed by atoms with E-state index in [4.69, 9.17) is 11.6 Å². The topological polar surface area (TPSA) is 29.1 Å². The lowest BCUT2D eigenvalue weighted by Gasteiger charge is -2.14. The fourth-order valence-corrected chi connectivity index (χ4v) is 2.33. The number of alkyl halides is 1. The second kappa shape index (κ2) is 6.58. The molecule has 0 saturated carbocycles. The van der Waals surface area contributed by atoms with E-state index < -0.39 is 0 Å². The van der Waals surface area contributed by atoms with Crippen molar-refractivity contribution in [2.24, 2.45) is 0 Å². The minimum atomic E-state index is -0.0149. The lowest BCUT2D eigenvalue weighted by atomic mass is 10.0. The third-order valence-electron chi connectivity index (χ3n) is 3.18. The Balaban J connectivity index is 2.17. The van der Waals surface area contributed by atoms with E-state index in [0.29, 0.717) is 5.88 Å². The standard InChI is InChI=1S/C16H18ClNO/c1-12(6-5-11-17)18-16(19)15-10-4-8-13-7-2-3-9-14(13)15/h2-4,7-10,12H,5-6,11H2,1H3,(H,18,19). The lowest BCUT2D eigenvalue weighted by molar-refractivity contribution is 0.0940. The Bertz CT molecular complexity index is 562. The molecular formula is C16H18ClNO. The van der Waals surface area contributed by atoms with Gasteiger partial charge in [-0.05, 0) is 36.6 Å². The van der Waals surface area contributed by atoms with Crippen molar-refractivity contribution in [3.8, 4) is 0 Å². The zero-order valence-corrected chi connectivity index (χ0v) is 11.8. The smallest absolute Gasteiger partial charge is 0.252 e. The Morgan fingerprint density at radius 2 is 1.95 bits per heavy atom. The van der Waals surface area contributed by atoms with Gasteiger partial charge >= 0.3 is 0 Å². The summed E-state index contributed by atoms with van der Waals surface area (Å²) < 4.78 is 0. The van der Waals surface area contributed by atoms with Crippen molar-refractivity contribution in [3.63, 3.8) is 0 Å². The van der Waals surface area contributed by atoms with Gasteiger partial charge in [0.05, 0.1) is 0 Å². The highest BCUT2D eigenvalue weighted by atomic mass is 35.5. The van der Waals surface area contributed by atoms with Crippen LogP contribution in [0.5, 0.6) is 0 Å². The first-order chi connectivity index (χ1) is 9.22. The summed E-state index contributed by atoms with van der Waals surface area (Å²) in [5.41, 5.74) is 0.732. The Morgan fingerprint density at radius 3 is 2.74 bits per heavy atom. The monoisotopic (exact) mass is 275 g/mol. The van der Waals surface area contributed by atoms with Gasteiger partial charge in [0.2, 0.25) is 0 Å². The number of carbonyl (C=O) groups excluding carboxylic acids is 1. The molecule has 100 valence electrons. The highest BCUT2D eigenvalue weighted by Crippen LogP contribution is 2.18. The number of rotatable bonds is 5. The van der Waals surface area contributed by atoms with E-state index in [1.807, 2.05) is 49.4 Å². The number of halogens is 1. The molecule has 2 aromatic rings. The first kappa shape index (κ1) is 13.9. The molecule has 1 amide bonds. The van der Waals surface area contributed by atoms with Crippen LogP contribution < -0.4 is 5.32 Å². The summed E-state index contributed by atoms with van der Waals surface area (Å²) in [7, 11) is 0. The molecule has 2 nitrogen and oxygen atoms in total. The van der Waals surface area contributed by atoms with Crippen LogP contribution >= 0.6 is 11.6 Å². The second-order valence-corrected chi connectivity index (χ2v) is 5.11. The summed E-state index contributed by atoms with van der Waals surface area (Å²) in [6.07, 6.45) is 1.82. The van der Waals surface area contributed by atoms with Gasteiger partial charge in [-0.25, -0.2) is 0 Å². The number of carbonyl (C=O) groups is 1. The molecule has 0 radical (unpaired) electrons. The normalized spacial score (nSPS) is 12.3. The van der Waals surface area contributed by atoms with Gasteiger partial charge in [-0.2, -0.15) is 0 Å². The van der Waals surface area contributed by atoms with Gasteiger partial charge in [-0.1, -0.05) is 36.4 Å². The highest BCUT2D eigenvalue weighted by molar-refractivity contribution is 6.17. The van der Waals surface area contributed by atoms with Gasteiger partial charge in [0.15, 0.2) is 0 Å². The van der Waals surface area contributed by atoms with Crippen molar-refractivity contribution >= 4 is 28.3 Å². The summed E-state index contributed by atoms with van der Waals surface area (Å²) >= 11 is 5.66. The molecule has 0 aliphatic carbocycles. The zero-order chi connectivity index (χ0) is 13.7. The van der Waals surface area contributed by atoms with Crippen LogP contribution in [-0.2, 0) is 0 Å². The number of benzene rings is 2. The van der Waals surface area contributed by atoms with E-state index in [2.05, 4.69) is 5.32 Å². The molecule has 1 unspecified atom stereocenters. The molecule has 0 bridgehead atoms. The van der Waals surface area contributed by atoms with E-state index >= 15 is 0 Å². The average Bonchev–Trinajstić information content (AvgIpc) is 2.44. The van der Waals surface area contributed by atoms with Crippen molar-refractivity contribution in [2.75, 3.05) is 5.88 Å². The van der Waals surface area contributed by atoms with E-state index in [1.54, 1.807) is 0 Å². The molecule has 1 atom stereocenters. The number of hydrogen-bond donors (Lipinski definition) is 1. The SMILES string of the molecule is CC(CCCCl)NC(=O)c1cccc2ccccc12. The summed E-state index contributed by atoms with van der Waals surface area (Å²) in [5, 5.41) is 5.10. The molecule has 0 aromatic heterocycles. The van der Waals surface area contributed by atoms with Gasteiger partial charge in [0, 0.05) is 17.5 Å². The van der Waals surface area contributed by atoms with Crippen LogP contribution in [0.15, 0.2) is 42.5 Å². The number of nitrogens with one attached hydrogen (secondary N) is 1. The summed E-state index contributed by atoms with van der Waals surface area (Å²) in [6.45, 7) is 2.01. The van der Waals surface area contributed by atoms with E-state index in [1.165, 1.54) is 0 Å². The maximum Gasteiger partial charge on any atom is 0.252 e. The molecule has 3 heteroatoms. The highest BCUT2D eigenvalue weighted by Gasteiger charge is 2.12. The Labute approximate surface area is 118 Å². The minimum Gasteiger partial charge on any atom is -0.350 e. The van der Waals surface area contributed by atoms with Gasteiger partial charge < -0.3 is 5.32 Å². The number of fused-ring (bicyclic) bond motifs is 1. The third kappa shape index (κ3) is 3.48. The number of hydrogen-bond acceptors (Lipinski definition) is 1. The van der Waals surface area contributed by atoms with Crippen molar-refractivity contribution in [2.45, 2.75) is 25.8 Å². The largest absolute Gasteiger partial charge is 0.350 e. The van der Waals surface area contributed by atoms with Gasteiger partial charge in [0.1, 0.15) is 0 Å². The molecule has 2 aromatic carbocycles. The molecule has 0 aliphatic heterocycles. The van der Waals surface area contributed by atoms with Crippen molar-refractivity contribution in [1.82, 2.24) is 5.32 Å². The predicted octanol–water partition coefficient (Wildman–Crippen LogP) is 3.98. The quantitative estimate of drug-likeness (QED) is 0.822. The second-order valence-electron chi connectivity index (χ2n) is 4.73. The van der Waals surface area contributed by atoms with Gasteiger partial charge in [0.25, 0.3) is 5.91 Å². The van der Waals surface area contributed by atoms with E-state index in [0.717, 1.165) is 29.2 Å². The van der Waals surface area contributed by atoms with Crippen LogP contribution in [0.25, 0.3) is 10.8 Å². The van der Waals surface area contributed by atoms with Gasteiger partial charge in [-0.15, -0.1) is 11.6 Å². The minimum absolute atomic E-state index is 0.0149. The Morgan fingerprint density at radius 1 is 1.21 bits per heavy atom. The third-order valence-corrected chi connectivity index (χ3v) is 3.45. The Hall–Kier alpha value is -1.54. The van der Waals surface area contributed by atoms with Crippen LogP contribution in [0.1, 0.15) is 30.1 Å².